The first-order valence-corrected chi connectivity index (χ1v) is 7.36. The van der Waals surface area contributed by atoms with E-state index in [0.29, 0.717) is 0 Å². The van der Waals surface area contributed by atoms with Crippen LogP contribution in [-0.2, 0) is 13.6 Å². The zero-order chi connectivity index (χ0) is 13.1. The van der Waals surface area contributed by atoms with Gasteiger partial charge >= 0.3 is 8.25 Å². The molecule has 0 saturated carbocycles. The highest BCUT2D eigenvalue weighted by atomic mass is 35.5. The second-order valence-electron chi connectivity index (χ2n) is 2.76. The highest BCUT2D eigenvalue weighted by molar-refractivity contribution is 7.33. The molecule has 10 heteroatoms. The van der Waals surface area contributed by atoms with Crippen LogP contribution in [0.3, 0.4) is 0 Å². The number of rotatable bonds is 6. The van der Waals surface area contributed by atoms with Gasteiger partial charge in [-0.15, -0.1) is 23.2 Å². The first kappa shape index (κ1) is 17.8. The van der Waals surface area contributed by atoms with E-state index in [-0.39, 0.29) is 0 Å². The van der Waals surface area contributed by atoms with Crippen molar-refractivity contribution in [1.29, 1.82) is 0 Å². The lowest BCUT2D eigenvalue weighted by Gasteiger charge is -2.17. The van der Waals surface area contributed by atoms with Crippen LogP contribution in [0.5, 0.6) is 0 Å². The van der Waals surface area contributed by atoms with Crippen molar-refractivity contribution in [2.75, 3.05) is 0 Å². The third-order valence-electron chi connectivity index (χ3n) is 1.32. The van der Waals surface area contributed by atoms with Crippen LogP contribution in [0.2, 0.25) is 0 Å². The molecule has 0 aromatic carbocycles. The molecular formula is C6H8Cl6O3P+. The van der Waals surface area contributed by atoms with Crippen molar-refractivity contribution in [2.45, 2.75) is 33.6 Å². The molecule has 0 aliphatic heterocycles. The predicted octanol–water partition coefficient (Wildman–Crippen LogP) is 5.19. The van der Waals surface area contributed by atoms with Gasteiger partial charge in [-0.2, -0.15) is 0 Å². The lowest BCUT2D eigenvalue weighted by Crippen LogP contribution is -2.28. The van der Waals surface area contributed by atoms with E-state index in [1.165, 1.54) is 13.8 Å². The molecule has 0 heterocycles. The van der Waals surface area contributed by atoms with E-state index >= 15 is 0 Å². The van der Waals surface area contributed by atoms with E-state index in [2.05, 4.69) is 9.05 Å². The number of halogens is 6. The van der Waals surface area contributed by atoms with Crippen molar-refractivity contribution in [1.82, 2.24) is 0 Å². The van der Waals surface area contributed by atoms with E-state index in [0.717, 1.165) is 0 Å². The van der Waals surface area contributed by atoms with E-state index < -0.39 is 28.0 Å². The summed E-state index contributed by atoms with van der Waals surface area (Å²) in [7, 11) is -2.77. The molecule has 0 aliphatic carbocycles. The van der Waals surface area contributed by atoms with Crippen LogP contribution in [0.25, 0.3) is 0 Å². The fourth-order valence-electron chi connectivity index (χ4n) is 0.363. The third kappa shape index (κ3) is 6.08. The van der Waals surface area contributed by atoms with Crippen molar-refractivity contribution in [3.63, 3.8) is 0 Å². The highest BCUT2D eigenvalue weighted by Crippen LogP contribution is 2.46. The highest BCUT2D eigenvalue weighted by Gasteiger charge is 2.49. The maximum absolute atomic E-state index is 11.3. The van der Waals surface area contributed by atoms with Crippen LogP contribution in [0.15, 0.2) is 0 Å². The summed E-state index contributed by atoms with van der Waals surface area (Å²) in [5.74, 6) is 0. The summed E-state index contributed by atoms with van der Waals surface area (Å²) in [5.41, 5.74) is 0. The number of alkyl halides is 6. The molecule has 2 atom stereocenters. The molecule has 2 unspecified atom stereocenters. The Morgan fingerprint density at radius 3 is 1.38 bits per heavy atom. The summed E-state index contributed by atoms with van der Waals surface area (Å²) in [6, 6.07) is 0. The van der Waals surface area contributed by atoms with Gasteiger partial charge in [-0.1, -0.05) is 55.5 Å². The average Bonchev–Trinajstić information content (AvgIpc) is 2.00. The molecule has 0 aliphatic rings. The minimum Gasteiger partial charge on any atom is -0.117 e. The van der Waals surface area contributed by atoms with Crippen molar-refractivity contribution in [3.8, 4) is 0 Å². The number of hydrogen-bond donors (Lipinski definition) is 0. The fourth-order valence-corrected chi connectivity index (χ4v) is 2.00. The lowest BCUT2D eigenvalue weighted by molar-refractivity contribution is 0.159. The Morgan fingerprint density at radius 1 is 0.938 bits per heavy atom. The van der Waals surface area contributed by atoms with E-state index in [9.17, 15) is 4.57 Å². The second-order valence-corrected chi connectivity index (χ2v) is 7.52. The molecule has 0 aromatic heterocycles. The summed E-state index contributed by atoms with van der Waals surface area (Å²) in [5, 5.41) is -1.65. The van der Waals surface area contributed by atoms with Crippen molar-refractivity contribution in [2.24, 2.45) is 0 Å². The minimum atomic E-state index is -2.77. The quantitative estimate of drug-likeness (QED) is 0.476. The van der Waals surface area contributed by atoms with Crippen molar-refractivity contribution < 1.29 is 13.6 Å². The Hall–Kier alpha value is 1.76. The van der Waals surface area contributed by atoms with Gasteiger partial charge in [-0.3, -0.25) is 0 Å². The monoisotopic (exact) mass is 369 g/mol. The van der Waals surface area contributed by atoms with Crippen LogP contribution in [0.4, 0.5) is 0 Å². The minimum absolute atomic E-state index is 0.827. The molecule has 0 amide bonds. The van der Waals surface area contributed by atoms with Crippen LogP contribution >= 0.6 is 77.9 Å². The summed E-state index contributed by atoms with van der Waals surface area (Å²) in [6.45, 7) is 2.90. The molecule has 0 fully saturated rings. The average molecular weight is 372 g/mol. The molecule has 3 nitrogen and oxygen atoms in total. The van der Waals surface area contributed by atoms with Crippen molar-refractivity contribution >= 4 is 77.9 Å². The van der Waals surface area contributed by atoms with Gasteiger partial charge in [0.2, 0.25) is 0 Å². The molecule has 16 heavy (non-hydrogen) atoms. The second kappa shape index (κ2) is 6.79. The van der Waals surface area contributed by atoms with Crippen LogP contribution in [-0.4, -0.2) is 19.8 Å². The normalized spacial score (nSPS) is 18.1. The predicted molar refractivity (Wildman–Crippen MR) is 69.3 cm³/mol. The van der Waals surface area contributed by atoms with Gasteiger partial charge in [0.1, 0.15) is 0 Å². The zero-order valence-electron chi connectivity index (χ0n) is 8.09. The maximum Gasteiger partial charge on any atom is 0.703 e. The van der Waals surface area contributed by atoms with E-state index in [4.69, 9.17) is 69.6 Å². The van der Waals surface area contributed by atoms with Gasteiger partial charge < -0.3 is 0 Å². The Balaban J connectivity index is 4.41. The SMILES string of the molecule is CC(Cl)C(Cl)(Cl)O[P+](=O)OC(Cl)(Cl)C(C)Cl. The fraction of sp³-hybridized carbons (Fsp3) is 1.00. The summed E-state index contributed by atoms with van der Waals surface area (Å²) >= 11 is 33.6. The molecule has 0 aromatic rings. The van der Waals surface area contributed by atoms with Gasteiger partial charge in [0.05, 0.1) is 10.8 Å². The summed E-state index contributed by atoms with van der Waals surface area (Å²) < 4.78 is 16.9. The van der Waals surface area contributed by atoms with Crippen LogP contribution in [0.1, 0.15) is 13.8 Å². The first-order valence-electron chi connectivity index (χ1n) is 3.88. The zero-order valence-corrected chi connectivity index (χ0v) is 13.5. The van der Waals surface area contributed by atoms with Gasteiger partial charge in [0.15, 0.2) is 0 Å². The largest absolute Gasteiger partial charge is 0.703 e. The topological polar surface area (TPSA) is 35.5 Å². The van der Waals surface area contributed by atoms with Gasteiger partial charge in [-0.25, -0.2) is 0 Å². The Morgan fingerprint density at radius 2 is 1.19 bits per heavy atom. The molecule has 0 N–H and O–H groups in total. The van der Waals surface area contributed by atoms with E-state index in [1.54, 1.807) is 0 Å². The van der Waals surface area contributed by atoms with Gasteiger partial charge in [0.25, 0.3) is 9.04 Å². The summed E-state index contributed by atoms with van der Waals surface area (Å²) in [4.78, 5) is 0. The van der Waals surface area contributed by atoms with E-state index in [1.807, 2.05) is 0 Å². The smallest absolute Gasteiger partial charge is 0.117 e. The Kier molecular flexibility index (Phi) is 7.54. The molecule has 0 rings (SSSR count). The van der Waals surface area contributed by atoms with Crippen molar-refractivity contribution in [3.05, 3.63) is 0 Å². The molecule has 96 valence electrons. The molecule has 0 saturated heterocycles. The Bertz CT molecular complexity index is 233. The standard InChI is InChI=1S/C6H8Cl6O3P/c1-3(7)5(9,10)14-16(13)15-6(11,12)4(2)8/h3-4H,1-2H3/q+1. The van der Waals surface area contributed by atoms with Gasteiger partial charge in [-0.05, 0) is 13.8 Å². The van der Waals surface area contributed by atoms with Crippen LogP contribution in [0, 0.1) is 0 Å². The first-order chi connectivity index (χ1) is 6.99. The lowest BCUT2D eigenvalue weighted by atomic mass is 10.5. The third-order valence-corrected chi connectivity index (χ3v) is 5.30. The molecular weight excluding hydrogens is 364 g/mol. The molecule has 0 spiro atoms. The van der Waals surface area contributed by atoms with Gasteiger partial charge in [0, 0.05) is 4.57 Å². The maximum atomic E-state index is 11.3. The molecule has 0 radical (unpaired) electrons. The van der Waals surface area contributed by atoms with Crippen LogP contribution < -0.4 is 0 Å². The molecule has 0 bridgehead atoms. The summed E-state index contributed by atoms with van der Waals surface area (Å²) in [6.07, 6.45) is 0. The number of hydrogen-bond acceptors (Lipinski definition) is 3. The Labute approximate surface area is 124 Å².